The Kier molecular flexibility index (Phi) is 4.69. The zero-order chi connectivity index (χ0) is 13.7. The fourth-order valence-corrected chi connectivity index (χ4v) is 2.23. The Bertz CT molecular complexity index is 519. The van der Waals surface area contributed by atoms with E-state index in [1.54, 1.807) is 12.1 Å². The molecule has 1 unspecified atom stereocenters. The molecule has 1 atom stereocenters. The second kappa shape index (κ2) is 6.48. The quantitative estimate of drug-likeness (QED) is 0.864. The average molecular weight is 257 g/mol. The fraction of sp³-hybridized carbons (Fsp3) is 0.294. The topological polar surface area (TPSA) is 12.0 Å². The van der Waals surface area contributed by atoms with Crippen molar-refractivity contribution in [2.45, 2.75) is 25.8 Å². The van der Waals surface area contributed by atoms with Crippen LogP contribution >= 0.6 is 0 Å². The zero-order valence-corrected chi connectivity index (χ0v) is 11.5. The smallest absolute Gasteiger partial charge is 0.123 e. The Hall–Kier alpha value is -1.67. The molecule has 2 rings (SSSR count). The highest BCUT2D eigenvalue weighted by molar-refractivity contribution is 5.23. The average Bonchev–Trinajstić information content (AvgIpc) is 2.40. The van der Waals surface area contributed by atoms with Gasteiger partial charge in [0, 0.05) is 6.04 Å². The van der Waals surface area contributed by atoms with E-state index < -0.39 is 0 Å². The Morgan fingerprint density at radius 2 is 1.68 bits per heavy atom. The molecule has 0 radical (unpaired) electrons. The van der Waals surface area contributed by atoms with Gasteiger partial charge in [-0.25, -0.2) is 4.39 Å². The van der Waals surface area contributed by atoms with Gasteiger partial charge in [0.25, 0.3) is 0 Å². The van der Waals surface area contributed by atoms with E-state index >= 15 is 0 Å². The highest BCUT2D eigenvalue weighted by Gasteiger charge is 2.09. The maximum Gasteiger partial charge on any atom is 0.123 e. The van der Waals surface area contributed by atoms with Crippen LogP contribution in [0.1, 0.15) is 16.7 Å². The van der Waals surface area contributed by atoms with Gasteiger partial charge >= 0.3 is 0 Å². The number of likely N-dealkylation sites (N-methyl/N-ethyl adjacent to an activating group) is 1. The van der Waals surface area contributed by atoms with Crippen LogP contribution in [-0.2, 0) is 12.8 Å². The van der Waals surface area contributed by atoms with Gasteiger partial charge in [-0.15, -0.1) is 0 Å². The van der Waals surface area contributed by atoms with Gasteiger partial charge in [0.2, 0.25) is 0 Å². The van der Waals surface area contributed by atoms with E-state index in [2.05, 4.69) is 36.5 Å². The summed E-state index contributed by atoms with van der Waals surface area (Å²) >= 11 is 0. The summed E-state index contributed by atoms with van der Waals surface area (Å²) in [6, 6.07) is 15.7. The first-order valence-corrected chi connectivity index (χ1v) is 6.64. The molecule has 0 aliphatic rings. The number of benzene rings is 2. The molecule has 0 bridgehead atoms. The van der Waals surface area contributed by atoms with Crippen LogP contribution in [0.3, 0.4) is 0 Å². The third-order valence-corrected chi connectivity index (χ3v) is 3.38. The minimum absolute atomic E-state index is 0.164. The zero-order valence-electron chi connectivity index (χ0n) is 11.5. The number of hydrogen-bond donors (Lipinski definition) is 1. The van der Waals surface area contributed by atoms with Crippen molar-refractivity contribution in [2.75, 3.05) is 7.05 Å². The number of rotatable bonds is 5. The minimum atomic E-state index is -0.164. The first-order chi connectivity index (χ1) is 9.17. The summed E-state index contributed by atoms with van der Waals surface area (Å²) in [6.07, 6.45) is 1.79. The third-order valence-electron chi connectivity index (χ3n) is 3.38. The van der Waals surface area contributed by atoms with Gasteiger partial charge in [-0.1, -0.05) is 42.0 Å². The molecular formula is C17H20FN. The summed E-state index contributed by atoms with van der Waals surface area (Å²) in [6.45, 7) is 2.09. The lowest BCUT2D eigenvalue weighted by atomic mass is 9.98. The summed E-state index contributed by atoms with van der Waals surface area (Å²) in [5, 5.41) is 3.31. The first-order valence-electron chi connectivity index (χ1n) is 6.64. The maximum absolute atomic E-state index is 13.2. The Morgan fingerprint density at radius 1 is 1.00 bits per heavy atom. The van der Waals surface area contributed by atoms with Gasteiger partial charge in [0.15, 0.2) is 0 Å². The van der Waals surface area contributed by atoms with Crippen LogP contribution < -0.4 is 5.32 Å². The van der Waals surface area contributed by atoms with Gasteiger partial charge < -0.3 is 5.32 Å². The van der Waals surface area contributed by atoms with E-state index in [4.69, 9.17) is 0 Å². The molecule has 19 heavy (non-hydrogen) atoms. The molecule has 1 N–H and O–H groups in total. The van der Waals surface area contributed by atoms with Crippen molar-refractivity contribution in [2.24, 2.45) is 0 Å². The van der Waals surface area contributed by atoms with Crippen LogP contribution in [0.15, 0.2) is 48.5 Å². The number of halogens is 1. The largest absolute Gasteiger partial charge is 0.316 e. The Balaban J connectivity index is 2.02. The molecule has 1 nitrogen and oxygen atoms in total. The standard InChI is InChI=1S/C17H20FN/c1-13-6-8-14(9-7-13)11-17(19-2)12-15-4-3-5-16(18)10-15/h3-10,17,19H,11-12H2,1-2H3. The van der Waals surface area contributed by atoms with Gasteiger partial charge in [-0.3, -0.25) is 0 Å². The molecule has 2 aromatic carbocycles. The second-order valence-corrected chi connectivity index (χ2v) is 5.01. The van der Waals surface area contributed by atoms with E-state index in [0.717, 1.165) is 18.4 Å². The van der Waals surface area contributed by atoms with Crippen molar-refractivity contribution < 1.29 is 4.39 Å². The summed E-state index contributed by atoms with van der Waals surface area (Å²) in [4.78, 5) is 0. The lowest BCUT2D eigenvalue weighted by molar-refractivity contribution is 0.553. The van der Waals surface area contributed by atoms with Gasteiger partial charge in [0.1, 0.15) is 5.82 Å². The normalized spacial score (nSPS) is 12.4. The molecular weight excluding hydrogens is 237 g/mol. The maximum atomic E-state index is 13.2. The van der Waals surface area contributed by atoms with Crippen molar-refractivity contribution in [3.05, 3.63) is 71.0 Å². The van der Waals surface area contributed by atoms with E-state index in [-0.39, 0.29) is 5.82 Å². The van der Waals surface area contributed by atoms with Gasteiger partial charge in [-0.05, 0) is 50.1 Å². The molecule has 0 saturated heterocycles. The van der Waals surface area contributed by atoms with E-state index in [9.17, 15) is 4.39 Å². The molecule has 0 aliphatic heterocycles. The lowest BCUT2D eigenvalue weighted by Crippen LogP contribution is -2.29. The van der Waals surface area contributed by atoms with Crippen LogP contribution in [0.5, 0.6) is 0 Å². The highest BCUT2D eigenvalue weighted by Crippen LogP contribution is 2.11. The van der Waals surface area contributed by atoms with Crippen LogP contribution in [0.2, 0.25) is 0 Å². The number of aryl methyl sites for hydroxylation is 1. The van der Waals surface area contributed by atoms with Crippen molar-refractivity contribution in [3.8, 4) is 0 Å². The molecule has 2 aromatic rings. The Labute approximate surface area is 114 Å². The molecule has 100 valence electrons. The summed E-state index contributed by atoms with van der Waals surface area (Å²) in [5.41, 5.74) is 3.61. The van der Waals surface area contributed by atoms with Crippen molar-refractivity contribution in [1.82, 2.24) is 5.32 Å². The van der Waals surface area contributed by atoms with Crippen LogP contribution in [0.4, 0.5) is 4.39 Å². The Morgan fingerprint density at radius 3 is 2.32 bits per heavy atom. The molecule has 2 heteroatoms. The molecule has 0 saturated carbocycles. The summed E-state index contributed by atoms with van der Waals surface area (Å²) in [5.74, 6) is -0.164. The molecule has 0 fully saturated rings. The lowest BCUT2D eigenvalue weighted by Gasteiger charge is -2.16. The van der Waals surface area contributed by atoms with Crippen molar-refractivity contribution >= 4 is 0 Å². The molecule has 0 amide bonds. The van der Waals surface area contributed by atoms with E-state index in [1.165, 1.54) is 17.2 Å². The third kappa shape index (κ3) is 4.18. The van der Waals surface area contributed by atoms with Gasteiger partial charge in [-0.2, -0.15) is 0 Å². The number of nitrogens with one attached hydrogen (secondary N) is 1. The number of hydrogen-bond acceptors (Lipinski definition) is 1. The first kappa shape index (κ1) is 13.8. The molecule has 0 aliphatic carbocycles. The summed E-state index contributed by atoms with van der Waals surface area (Å²) < 4.78 is 13.2. The predicted molar refractivity (Wildman–Crippen MR) is 77.8 cm³/mol. The van der Waals surface area contributed by atoms with Crippen molar-refractivity contribution in [1.29, 1.82) is 0 Å². The van der Waals surface area contributed by atoms with Crippen LogP contribution in [-0.4, -0.2) is 13.1 Å². The SMILES string of the molecule is CNC(Cc1ccc(C)cc1)Cc1cccc(F)c1. The van der Waals surface area contributed by atoms with Crippen LogP contribution in [0, 0.1) is 12.7 Å². The second-order valence-electron chi connectivity index (χ2n) is 5.01. The molecule has 0 aromatic heterocycles. The fourth-order valence-electron chi connectivity index (χ4n) is 2.23. The predicted octanol–water partition coefficient (Wildman–Crippen LogP) is 3.51. The van der Waals surface area contributed by atoms with Crippen molar-refractivity contribution in [3.63, 3.8) is 0 Å². The minimum Gasteiger partial charge on any atom is -0.316 e. The summed E-state index contributed by atoms with van der Waals surface area (Å²) in [7, 11) is 1.96. The molecule has 0 spiro atoms. The highest BCUT2D eigenvalue weighted by atomic mass is 19.1. The van der Waals surface area contributed by atoms with E-state index in [1.807, 2.05) is 13.1 Å². The monoisotopic (exact) mass is 257 g/mol. The van der Waals surface area contributed by atoms with Crippen LogP contribution in [0.25, 0.3) is 0 Å². The van der Waals surface area contributed by atoms with Gasteiger partial charge in [0.05, 0.1) is 0 Å². The molecule has 0 heterocycles. The van der Waals surface area contributed by atoms with E-state index in [0.29, 0.717) is 6.04 Å².